The number of hydrogen-bond donors (Lipinski definition) is 1. The van der Waals surface area contributed by atoms with Crippen molar-refractivity contribution in [3.05, 3.63) is 71.5 Å². The van der Waals surface area contributed by atoms with Crippen molar-refractivity contribution in [2.24, 2.45) is 7.05 Å². The zero-order chi connectivity index (χ0) is 26.9. The maximum atomic E-state index is 13.0. The van der Waals surface area contributed by atoms with E-state index >= 15 is 0 Å². The van der Waals surface area contributed by atoms with E-state index in [1.165, 1.54) is 0 Å². The molecule has 200 valence electrons. The van der Waals surface area contributed by atoms with E-state index in [1.807, 2.05) is 51.7 Å². The van der Waals surface area contributed by atoms with Gasteiger partial charge >= 0.3 is 6.03 Å². The fourth-order valence-electron chi connectivity index (χ4n) is 5.34. The predicted octanol–water partition coefficient (Wildman–Crippen LogP) is 4.41. The number of rotatable bonds is 5. The fourth-order valence-corrected chi connectivity index (χ4v) is 5.58. The van der Waals surface area contributed by atoms with Gasteiger partial charge in [-0.2, -0.15) is 0 Å². The van der Waals surface area contributed by atoms with Gasteiger partial charge in [0.1, 0.15) is 6.42 Å². The maximum Gasteiger partial charge on any atom is 0.322 e. The van der Waals surface area contributed by atoms with Gasteiger partial charge in [-0.15, -0.1) is 10.2 Å². The van der Waals surface area contributed by atoms with Crippen LogP contribution in [-0.4, -0.2) is 67.2 Å². The lowest BCUT2D eigenvalue weighted by Crippen LogP contribution is -2.50. The molecule has 2 aliphatic heterocycles. The summed E-state index contributed by atoms with van der Waals surface area (Å²) in [7, 11) is 1.91. The van der Waals surface area contributed by atoms with Crippen LogP contribution in [0.15, 0.2) is 59.4 Å². The second kappa shape index (κ2) is 10.5. The highest BCUT2D eigenvalue weighted by atomic mass is 35.5. The summed E-state index contributed by atoms with van der Waals surface area (Å²) in [6, 6.07) is 13.4. The summed E-state index contributed by atoms with van der Waals surface area (Å²) in [5.74, 6) is 0.484. The van der Waals surface area contributed by atoms with E-state index in [9.17, 15) is 9.59 Å². The van der Waals surface area contributed by atoms with E-state index in [0.29, 0.717) is 36.1 Å². The molecule has 0 atom stereocenters. The van der Waals surface area contributed by atoms with Crippen LogP contribution in [0.3, 0.4) is 0 Å². The van der Waals surface area contributed by atoms with Gasteiger partial charge in [-0.1, -0.05) is 29.8 Å². The molecule has 0 bridgehead atoms. The third-order valence-corrected chi connectivity index (χ3v) is 7.64. The van der Waals surface area contributed by atoms with Gasteiger partial charge in [-0.05, 0) is 49.1 Å². The number of carbonyl (C=O) groups is 2. The molecule has 1 N–H and O–H groups in total. The number of fused-ring (bicyclic) bond motifs is 1. The summed E-state index contributed by atoms with van der Waals surface area (Å²) >= 11 is 6.36. The highest BCUT2D eigenvalue weighted by Gasteiger charge is 2.31. The van der Waals surface area contributed by atoms with Crippen molar-refractivity contribution >= 4 is 29.2 Å². The van der Waals surface area contributed by atoms with Gasteiger partial charge in [-0.25, -0.2) is 9.78 Å². The van der Waals surface area contributed by atoms with Crippen molar-refractivity contribution in [3.8, 4) is 22.7 Å². The molecule has 0 spiro atoms. The monoisotopic (exact) mass is 545 g/mol. The molecule has 1 fully saturated rings. The largest absolute Gasteiger partial charge is 0.420 e. The van der Waals surface area contributed by atoms with Crippen LogP contribution in [0.2, 0.25) is 5.02 Å². The third-order valence-electron chi connectivity index (χ3n) is 7.43. The smallest absolute Gasteiger partial charge is 0.322 e. The number of halogens is 1. The van der Waals surface area contributed by atoms with Crippen molar-refractivity contribution in [3.63, 3.8) is 0 Å². The average Bonchev–Trinajstić information content (AvgIpc) is 3.54. The number of nitrogens with zero attached hydrogens (tertiary/aromatic N) is 6. The minimum atomic E-state index is -0.0734. The number of imidazole rings is 1. The van der Waals surface area contributed by atoms with Crippen molar-refractivity contribution < 1.29 is 14.0 Å². The van der Waals surface area contributed by atoms with E-state index in [0.717, 1.165) is 41.8 Å². The van der Waals surface area contributed by atoms with E-state index in [4.69, 9.17) is 16.0 Å². The van der Waals surface area contributed by atoms with Crippen LogP contribution < -0.4 is 5.32 Å². The van der Waals surface area contributed by atoms with Crippen LogP contribution in [-0.2, 0) is 24.7 Å². The normalized spacial score (nSPS) is 16.1. The predicted molar refractivity (Wildman–Crippen MR) is 146 cm³/mol. The molecule has 2 aliphatic rings. The maximum absolute atomic E-state index is 13.0. The Morgan fingerprint density at radius 2 is 1.90 bits per heavy atom. The molecule has 4 aromatic rings. The number of hydrogen-bond acceptors (Lipinski definition) is 6. The third kappa shape index (κ3) is 5.24. The summed E-state index contributed by atoms with van der Waals surface area (Å²) in [5.41, 5.74) is 4.47. The lowest BCUT2D eigenvalue weighted by atomic mass is 10.0. The topological polar surface area (TPSA) is 109 Å². The number of urea groups is 1. The average molecular weight is 546 g/mol. The first-order chi connectivity index (χ1) is 18.9. The number of aryl methyl sites for hydroxylation is 1. The van der Waals surface area contributed by atoms with Gasteiger partial charge in [0, 0.05) is 54.6 Å². The number of aromatic nitrogens is 4. The molecular weight excluding hydrogens is 518 g/mol. The summed E-state index contributed by atoms with van der Waals surface area (Å²) in [5, 5.41) is 11.8. The second-order valence-electron chi connectivity index (χ2n) is 9.94. The molecule has 1 saturated heterocycles. The Kier molecular flexibility index (Phi) is 6.78. The van der Waals surface area contributed by atoms with Gasteiger partial charge in [0.25, 0.3) is 0 Å². The summed E-state index contributed by atoms with van der Waals surface area (Å²) < 4.78 is 7.75. The van der Waals surface area contributed by atoms with E-state index in [-0.39, 0.29) is 30.3 Å². The number of likely N-dealkylation sites (tertiary alicyclic amines) is 1. The summed E-state index contributed by atoms with van der Waals surface area (Å²) in [4.78, 5) is 33.8. The van der Waals surface area contributed by atoms with Gasteiger partial charge < -0.3 is 24.1 Å². The molecule has 0 radical (unpaired) electrons. The number of para-hydroxylation sites is 1. The van der Waals surface area contributed by atoms with E-state index in [1.54, 1.807) is 18.6 Å². The van der Waals surface area contributed by atoms with Crippen LogP contribution >= 0.6 is 11.6 Å². The highest BCUT2D eigenvalue weighted by molar-refractivity contribution is 6.31. The van der Waals surface area contributed by atoms with Crippen molar-refractivity contribution in [2.45, 2.75) is 31.7 Å². The van der Waals surface area contributed by atoms with Gasteiger partial charge in [-0.3, -0.25) is 4.79 Å². The van der Waals surface area contributed by atoms with Crippen molar-refractivity contribution in [2.75, 3.05) is 25.0 Å². The molecule has 2 aromatic carbocycles. The number of amides is 3. The molecule has 4 heterocycles. The Bertz CT molecular complexity index is 1520. The molecule has 0 unspecified atom stereocenters. The number of anilines is 1. The summed E-state index contributed by atoms with van der Waals surface area (Å²) in [6.07, 6.45) is 5.76. The minimum Gasteiger partial charge on any atom is -0.420 e. The molecule has 10 nitrogen and oxygen atoms in total. The Labute approximate surface area is 230 Å². The molecule has 2 aromatic heterocycles. The van der Waals surface area contributed by atoms with Crippen molar-refractivity contribution in [1.82, 2.24) is 29.5 Å². The quantitative estimate of drug-likeness (QED) is 0.398. The lowest BCUT2D eigenvalue weighted by molar-refractivity contribution is -0.132. The number of benzene rings is 2. The number of nitrogens with one attached hydrogen (secondary N) is 1. The molecule has 11 heteroatoms. The molecule has 6 rings (SSSR count). The molecule has 3 amide bonds. The Hall–Kier alpha value is -4.18. The van der Waals surface area contributed by atoms with Gasteiger partial charge in [0.05, 0.1) is 18.2 Å². The van der Waals surface area contributed by atoms with Crippen molar-refractivity contribution in [1.29, 1.82) is 0 Å². The fraction of sp³-hybridized carbons (Fsp3) is 0.321. The van der Waals surface area contributed by atoms with E-state index < -0.39 is 0 Å². The zero-order valence-corrected chi connectivity index (χ0v) is 22.3. The number of piperidine rings is 1. The molecule has 0 saturated carbocycles. The minimum absolute atomic E-state index is 0.0202. The van der Waals surface area contributed by atoms with E-state index in [2.05, 4.69) is 26.6 Å². The second-order valence-corrected chi connectivity index (χ2v) is 10.4. The number of carbonyl (C=O) groups excluding carboxylic acids is 2. The molecular formula is C28H28ClN7O3. The van der Waals surface area contributed by atoms with Crippen LogP contribution in [0.25, 0.3) is 22.7 Å². The highest BCUT2D eigenvalue weighted by Crippen LogP contribution is 2.30. The van der Waals surface area contributed by atoms with Gasteiger partial charge in [0.15, 0.2) is 0 Å². The van der Waals surface area contributed by atoms with Crippen LogP contribution in [0, 0.1) is 0 Å². The molecule has 39 heavy (non-hydrogen) atoms. The Balaban J connectivity index is 1.07. The first-order valence-electron chi connectivity index (χ1n) is 13.0. The Morgan fingerprint density at radius 3 is 2.69 bits per heavy atom. The summed E-state index contributed by atoms with van der Waals surface area (Å²) in [6.45, 7) is 1.81. The lowest BCUT2D eigenvalue weighted by Gasteiger charge is -2.37. The van der Waals surface area contributed by atoms with Crippen LogP contribution in [0.1, 0.15) is 24.3 Å². The first-order valence-corrected chi connectivity index (χ1v) is 13.4. The van der Waals surface area contributed by atoms with Crippen LogP contribution in [0.5, 0.6) is 0 Å². The first kappa shape index (κ1) is 25.1. The zero-order valence-electron chi connectivity index (χ0n) is 21.5. The van der Waals surface area contributed by atoms with Gasteiger partial charge in [0.2, 0.25) is 17.7 Å². The SMILES string of the molecule is Cn1cncc1-c1cc(Cl)cc(-c2nnc(CC(=O)N3CCC(N4CCc5ccccc5NC4=O)CC3)o2)c1. The standard InChI is InChI=1S/C28H28ClN7O3/c1-34-17-30-16-24(34)19-12-20(14-21(29)13-19)27-33-32-25(39-27)15-26(37)35-9-7-22(8-10-35)36-11-6-18-4-2-3-5-23(18)31-28(36)38/h2-5,12-14,16-17,22H,6-11,15H2,1H3,(H,31,38). The van der Waals surface area contributed by atoms with Crippen LogP contribution in [0.4, 0.5) is 10.5 Å². The molecule has 0 aliphatic carbocycles. The Morgan fingerprint density at radius 1 is 1.10 bits per heavy atom.